The third-order valence-electron chi connectivity index (χ3n) is 2.15. The van der Waals surface area contributed by atoms with Crippen LogP contribution in [0.15, 0.2) is 46.6 Å². The molecule has 0 aromatic heterocycles. The third-order valence-corrected chi connectivity index (χ3v) is 2.15. The van der Waals surface area contributed by atoms with Crippen molar-refractivity contribution in [2.24, 2.45) is 0 Å². The molecule has 0 aliphatic heterocycles. The molecule has 0 N–H and O–H groups in total. The van der Waals surface area contributed by atoms with Gasteiger partial charge in [-0.05, 0) is 18.1 Å². The molecule has 1 rings (SSSR count). The lowest BCUT2D eigenvalue weighted by Crippen LogP contribution is -1.85. The van der Waals surface area contributed by atoms with Gasteiger partial charge in [0.2, 0.25) is 0 Å². The van der Waals surface area contributed by atoms with Crippen molar-refractivity contribution in [1.82, 2.24) is 0 Å². The average molecular weight is 218 g/mol. The molecule has 0 spiro atoms. The highest BCUT2D eigenvalue weighted by Crippen LogP contribution is 2.26. The highest BCUT2D eigenvalue weighted by Gasteiger charge is 2.12. The minimum absolute atomic E-state index is 0.0146. The van der Waals surface area contributed by atoms with Crippen LogP contribution < -0.4 is 0 Å². The first kappa shape index (κ1) is 12.0. The summed E-state index contributed by atoms with van der Waals surface area (Å²) in [5, 5.41) is 34.7. The predicted molar refractivity (Wildman–Crippen MR) is 59.4 cm³/mol. The SMILES string of the molecule is N#CC(C#N)=C/C=C1/CC=CC1=C(C#N)C#N. The monoisotopic (exact) mass is 218 g/mol. The van der Waals surface area contributed by atoms with Crippen LogP contribution in [-0.2, 0) is 0 Å². The van der Waals surface area contributed by atoms with Crippen LogP contribution in [0.5, 0.6) is 0 Å². The molecule has 0 atom stereocenters. The van der Waals surface area contributed by atoms with Crippen molar-refractivity contribution in [3.8, 4) is 24.3 Å². The summed E-state index contributed by atoms with van der Waals surface area (Å²) in [6.45, 7) is 0. The number of nitriles is 4. The summed E-state index contributed by atoms with van der Waals surface area (Å²) in [5.74, 6) is 0. The Balaban J connectivity index is 3.18. The van der Waals surface area contributed by atoms with E-state index in [1.165, 1.54) is 6.08 Å². The molecule has 78 valence electrons. The fourth-order valence-corrected chi connectivity index (χ4v) is 1.35. The lowest BCUT2D eigenvalue weighted by atomic mass is 10.0. The van der Waals surface area contributed by atoms with E-state index in [9.17, 15) is 0 Å². The second kappa shape index (κ2) is 5.72. The van der Waals surface area contributed by atoms with Crippen molar-refractivity contribution in [1.29, 1.82) is 21.0 Å². The fourth-order valence-electron chi connectivity index (χ4n) is 1.35. The van der Waals surface area contributed by atoms with Crippen LogP contribution in [0.3, 0.4) is 0 Å². The van der Waals surface area contributed by atoms with Gasteiger partial charge in [0, 0.05) is 5.57 Å². The van der Waals surface area contributed by atoms with Gasteiger partial charge in [0.25, 0.3) is 0 Å². The topological polar surface area (TPSA) is 95.2 Å². The first-order valence-electron chi connectivity index (χ1n) is 4.69. The van der Waals surface area contributed by atoms with Gasteiger partial charge in [0.1, 0.15) is 35.4 Å². The van der Waals surface area contributed by atoms with Crippen LogP contribution in [-0.4, -0.2) is 0 Å². The van der Waals surface area contributed by atoms with Gasteiger partial charge in [0.15, 0.2) is 0 Å². The van der Waals surface area contributed by atoms with E-state index in [0.717, 1.165) is 5.57 Å². The maximum atomic E-state index is 8.76. The second-order valence-electron chi connectivity index (χ2n) is 3.11. The summed E-state index contributed by atoms with van der Waals surface area (Å²) < 4.78 is 0. The van der Waals surface area contributed by atoms with Gasteiger partial charge >= 0.3 is 0 Å². The van der Waals surface area contributed by atoms with Crippen molar-refractivity contribution in [3.05, 3.63) is 46.6 Å². The quantitative estimate of drug-likeness (QED) is 0.630. The molecule has 0 saturated carbocycles. The van der Waals surface area contributed by atoms with Crippen LogP contribution in [0, 0.1) is 45.3 Å². The highest BCUT2D eigenvalue weighted by molar-refractivity contribution is 5.58. The molecule has 4 heteroatoms. The van der Waals surface area contributed by atoms with Crippen molar-refractivity contribution >= 4 is 0 Å². The van der Waals surface area contributed by atoms with Gasteiger partial charge in [-0.15, -0.1) is 0 Å². The zero-order valence-corrected chi connectivity index (χ0v) is 8.81. The molecular formula is C13H6N4. The van der Waals surface area contributed by atoms with Gasteiger partial charge in [0.05, 0.1) is 0 Å². The Morgan fingerprint density at radius 2 is 1.71 bits per heavy atom. The van der Waals surface area contributed by atoms with Crippen molar-refractivity contribution in [3.63, 3.8) is 0 Å². The van der Waals surface area contributed by atoms with Gasteiger partial charge < -0.3 is 0 Å². The maximum absolute atomic E-state index is 8.76. The number of allylic oxidation sites excluding steroid dienone is 8. The lowest BCUT2D eigenvalue weighted by molar-refractivity contribution is 1.30. The van der Waals surface area contributed by atoms with Gasteiger partial charge in [-0.2, -0.15) is 21.0 Å². The molecule has 0 aromatic carbocycles. The fraction of sp³-hybridized carbons (Fsp3) is 0.0769. The Bertz CT molecular complexity index is 584. The van der Waals surface area contributed by atoms with E-state index in [-0.39, 0.29) is 11.1 Å². The van der Waals surface area contributed by atoms with E-state index < -0.39 is 0 Å². The first-order valence-corrected chi connectivity index (χ1v) is 4.69. The van der Waals surface area contributed by atoms with Gasteiger partial charge in [-0.25, -0.2) is 0 Å². The summed E-state index contributed by atoms with van der Waals surface area (Å²) in [4.78, 5) is 0. The van der Waals surface area contributed by atoms with E-state index in [2.05, 4.69) is 0 Å². The molecule has 4 nitrogen and oxygen atoms in total. The Labute approximate surface area is 98.9 Å². The van der Waals surface area contributed by atoms with E-state index in [0.29, 0.717) is 12.0 Å². The van der Waals surface area contributed by atoms with E-state index in [1.807, 2.05) is 18.2 Å². The lowest BCUT2D eigenvalue weighted by Gasteiger charge is -1.97. The Kier molecular flexibility index (Phi) is 4.03. The molecule has 0 bridgehead atoms. The molecular weight excluding hydrogens is 212 g/mol. The highest BCUT2D eigenvalue weighted by atomic mass is 14.3. The van der Waals surface area contributed by atoms with Crippen LogP contribution in [0.2, 0.25) is 0 Å². The number of nitrogens with zero attached hydrogens (tertiary/aromatic N) is 4. The zero-order chi connectivity index (χ0) is 12.7. The molecule has 1 aliphatic rings. The summed E-state index contributed by atoms with van der Waals surface area (Å²) >= 11 is 0. The number of hydrogen-bond acceptors (Lipinski definition) is 4. The molecule has 0 heterocycles. The van der Waals surface area contributed by atoms with Crippen molar-refractivity contribution in [2.45, 2.75) is 6.42 Å². The predicted octanol–water partition coefficient (Wildman–Crippen LogP) is 2.19. The summed E-state index contributed by atoms with van der Waals surface area (Å²) in [7, 11) is 0. The minimum Gasteiger partial charge on any atom is -0.192 e. The Hall–Kier alpha value is -3.08. The molecule has 0 radical (unpaired) electrons. The van der Waals surface area contributed by atoms with E-state index in [1.54, 1.807) is 24.3 Å². The van der Waals surface area contributed by atoms with Gasteiger partial charge in [-0.3, -0.25) is 0 Å². The third kappa shape index (κ3) is 2.69. The minimum atomic E-state index is -0.0146. The normalized spacial score (nSPS) is 14.4. The maximum Gasteiger partial charge on any atom is 0.137 e. The van der Waals surface area contributed by atoms with Crippen LogP contribution in [0.4, 0.5) is 0 Å². The summed E-state index contributed by atoms with van der Waals surface area (Å²) in [6, 6.07) is 7.10. The molecule has 0 unspecified atom stereocenters. The standard InChI is InChI=1S/C13H6N4/c14-6-10(7-15)4-5-11-2-1-3-13(11)12(8-16)9-17/h1,3-5H,2H2/b11-5-. The molecule has 0 fully saturated rings. The molecule has 17 heavy (non-hydrogen) atoms. The Morgan fingerprint density at radius 1 is 1.06 bits per heavy atom. The van der Waals surface area contributed by atoms with Crippen molar-refractivity contribution in [2.75, 3.05) is 0 Å². The van der Waals surface area contributed by atoms with Crippen LogP contribution in [0.25, 0.3) is 0 Å². The Morgan fingerprint density at radius 3 is 2.24 bits per heavy atom. The van der Waals surface area contributed by atoms with Crippen LogP contribution in [0.1, 0.15) is 6.42 Å². The summed E-state index contributed by atoms with van der Waals surface area (Å²) in [6.07, 6.45) is 7.07. The van der Waals surface area contributed by atoms with E-state index >= 15 is 0 Å². The summed E-state index contributed by atoms with van der Waals surface area (Å²) in [5.41, 5.74) is 1.33. The van der Waals surface area contributed by atoms with Crippen LogP contribution >= 0.6 is 0 Å². The zero-order valence-electron chi connectivity index (χ0n) is 8.81. The first-order chi connectivity index (χ1) is 8.26. The van der Waals surface area contributed by atoms with Crippen molar-refractivity contribution < 1.29 is 0 Å². The molecule has 0 aromatic rings. The molecule has 0 saturated heterocycles. The number of hydrogen-bond donors (Lipinski definition) is 0. The van der Waals surface area contributed by atoms with Gasteiger partial charge in [-0.1, -0.05) is 18.2 Å². The average Bonchev–Trinajstić information content (AvgIpc) is 2.81. The number of rotatable bonds is 1. The molecule has 0 amide bonds. The smallest absolute Gasteiger partial charge is 0.137 e. The second-order valence-corrected chi connectivity index (χ2v) is 3.11. The molecule has 1 aliphatic carbocycles. The van der Waals surface area contributed by atoms with E-state index in [4.69, 9.17) is 21.0 Å². The largest absolute Gasteiger partial charge is 0.192 e.